The molecule has 1 heterocycles. The van der Waals surface area contributed by atoms with Gasteiger partial charge in [0, 0.05) is 12.7 Å². The van der Waals surface area contributed by atoms with Gasteiger partial charge in [-0.1, -0.05) is 0 Å². The van der Waals surface area contributed by atoms with Crippen LogP contribution >= 0.6 is 0 Å². The highest BCUT2D eigenvalue weighted by atomic mass is 16.3. The minimum atomic E-state index is -0.217. The normalized spacial score (nSPS) is 13.2. The Kier molecular flexibility index (Phi) is 3.10. The first-order valence-corrected chi connectivity index (χ1v) is 4.14. The molecule has 3 N–H and O–H groups in total. The van der Waals surface area contributed by atoms with E-state index >= 15 is 0 Å². The molecule has 12 heavy (non-hydrogen) atoms. The highest BCUT2D eigenvalue weighted by Gasteiger charge is 1.97. The molecule has 0 aromatic carbocycles. The molecule has 0 radical (unpaired) electrons. The van der Waals surface area contributed by atoms with E-state index in [1.807, 2.05) is 4.57 Å². The van der Waals surface area contributed by atoms with E-state index in [1.54, 1.807) is 19.4 Å². The van der Waals surface area contributed by atoms with Gasteiger partial charge < -0.3 is 15.4 Å². The Morgan fingerprint density at radius 3 is 3.00 bits per heavy atom. The maximum absolute atomic E-state index is 8.99. The third-order valence-corrected chi connectivity index (χ3v) is 1.69. The Balaban J connectivity index is 2.24. The van der Waals surface area contributed by atoms with Crippen molar-refractivity contribution in [1.29, 1.82) is 0 Å². The van der Waals surface area contributed by atoms with Crippen molar-refractivity contribution in [3.63, 3.8) is 0 Å². The molecule has 0 saturated carbocycles. The number of imidazole rings is 1. The average molecular weight is 169 g/mol. The molecular weight excluding hydrogens is 154 g/mol. The maximum atomic E-state index is 8.99. The van der Waals surface area contributed by atoms with Gasteiger partial charge in [-0.05, 0) is 19.8 Å². The summed E-state index contributed by atoms with van der Waals surface area (Å²) in [5, 5.41) is 8.99. The summed E-state index contributed by atoms with van der Waals surface area (Å²) in [4.78, 5) is 3.89. The minimum absolute atomic E-state index is 0.217. The fourth-order valence-corrected chi connectivity index (χ4v) is 1.07. The molecule has 0 aliphatic heterocycles. The van der Waals surface area contributed by atoms with Crippen LogP contribution in [0.1, 0.15) is 19.8 Å². The molecule has 1 atom stereocenters. The second-order valence-corrected chi connectivity index (χ2v) is 3.03. The highest BCUT2D eigenvalue weighted by molar-refractivity contribution is 5.22. The first-order chi connectivity index (χ1) is 5.68. The van der Waals surface area contributed by atoms with Crippen LogP contribution in [0.25, 0.3) is 0 Å². The first kappa shape index (κ1) is 9.06. The Bertz CT molecular complexity index is 232. The SMILES string of the molecule is CC(O)CCCn1cnc(N)c1. The molecule has 0 fully saturated rings. The number of nitrogens with two attached hydrogens (primary N) is 1. The maximum Gasteiger partial charge on any atom is 0.141 e. The lowest BCUT2D eigenvalue weighted by Gasteiger charge is -2.03. The van der Waals surface area contributed by atoms with E-state index in [0.717, 1.165) is 19.4 Å². The van der Waals surface area contributed by atoms with E-state index in [1.165, 1.54) is 0 Å². The Labute approximate surface area is 72.0 Å². The van der Waals surface area contributed by atoms with Crippen LogP contribution < -0.4 is 5.73 Å². The summed E-state index contributed by atoms with van der Waals surface area (Å²) >= 11 is 0. The van der Waals surface area contributed by atoms with Gasteiger partial charge in [0.1, 0.15) is 5.82 Å². The van der Waals surface area contributed by atoms with E-state index in [0.29, 0.717) is 5.82 Å². The van der Waals surface area contributed by atoms with Gasteiger partial charge >= 0.3 is 0 Å². The summed E-state index contributed by atoms with van der Waals surface area (Å²) in [7, 11) is 0. The number of hydrogen-bond acceptors (Lipinski definition) is 3. The molecule has 0 aliphatic carbocycles. The van der Waals surface area contributed by atoms with Crippen molar-refractivity contribution in [2.24, 2.45) is 0 Å². The average Bonchev–Trinajstić information content (AvgIpc) is 2.35. The summed E-state index contributed by atoms with van der Waals surface area (Å²) in [6, 6.07) is 0. The van der Waals surface area contributed by atoms with Crippen LogP contribution in [0, 0.1) is 0 Å². The van der Waals surface area contributed by atoms with E-state index in [2.05, 4.69) is 4.98 Å². The zero-order valence-electron chi connectivity index (χ0n) is 7.27. The van der Waals surface area contributed by atoms with Gasteiger partial charge in [0.15, 0.2) is 0 Å². The summed E-state index contributed by atoms with van der Waals surface area (Å²) in [6.45, 7) is 2.66. The molecule has 4 heteroatoms. The molecule has 0 aliphatic rings. The molecule has 1 rings (SSSR count). The van der Waals surface area contributed by atoms with Crippen molar-refractivity contribution in [3.05, 3.63) is 12.5 Å². The zero-order chi connectivity index (χ0) is 8.97. The van der Waals surface area contributed by atoms with Gasteiger partial charge in [0.05, 0.1) is 12.4 Å². The lowest BCUT2D eigenvalue weighted by Crippen LogP contribution is -2.02. The largest absolute Gasteiger partial charge is 0.393 e. The van der Waals surface area contributed by atoms with Crippen molar-refractivity contribution in [3.8, 4) is 0 Å². The van der Waals surface area contributed by atoms with E-state index in [-0.39, 0.29) is 6.10 Å². The van der Waals surface area contributed by atoms with E-state index in [4.69, 9.17) is 10.8 Å². The number of aliphatic hydroxyl groups excluding tert-OH is 1. The summed E-state index contributed by atoms with van der Waals surface area (Å²) in [5.41, 5.74) is 5.43. The molecule has 0 amide bonds. The number of aryl methyl sites for hydroxylation is 1. The molecule has 1 aromatic rings. The number of hydrogen-bond donors (Lipinski definition) is 2. The number of rotatable bonds is 4. The van der Waals surface area contributed by atoms with Crippen LogP contribution in [-0.2, 0) is 6.54 Å². The van der Waals surface area contributed by atoms with E-state index < -0.39 is 0 Å². The van der Waals surface area contributed by atoms with E-state index in [9.17, 15) is 0 Å². The molecule has 1 aromatic heterocycles. The molecule has 0 bridgehead atoms. The summed E-state index contributed by atoms with van der Waals surface area (Å²) < 4.78 is 1.93. The van der Waals surface area contributed by atoms with Crippen LogP contribution in [0.15, 0.2) is 12.5 Å². The van der Waals surface area contributed by atoms with Gasteiger partial charge in [-0.3, -0.25) is 0 Å². The van der Waals surface area contributed by atoms with Gasteiger partial charge in [0.2, 0.25) is 0 Å². The van der Waals surface area contributed by atoms with Crippen LogP contribution in [0.2, 0.25) is 0 Å². The molecule has 1 unspecified atom stereocenters. The number of aliphatic hydroxyl groups is 1. The van der Waals surface area contributed by atoms with Crippen LogP contribution in [0.5, 0.6) is 0 Å². The smallest absolute Gasteiger partial charge is 0.141 e. The molecule has 68 valence electrons. The second-order valence-electron chi connectivity index (χ2n) is 3.03. The highest BCUT2D eigenvalue weighted by Crippen LogP contribution is 2.01. The first-order valence-electron chi connectivity index (χ1n) is 4.14. The second kappa shape index (κ2) is 4.11. The summed E-state index contributed by atoms with van der Waals surface area (Å²) in [6.07, 6.45) is 5.05. The lowest BCUT2D eigenvalue weighted by molar-refractivity contribution is 0.179. The van der Waals surface area contributed by atoms with Crippen molar-refractivity contribution < 1.29 is 5.11 Å². The van der Waals surface area contributed by atoms with Gasteiger partial charge in [-0.2, -0.15) is 0 Å². The Hall–Kier alpha value is -1.03. The van der Waals surface area contributed by atoms with Gasteiger partial charge in [0.25, 0.3) is 0 Å². The van der Waals surface area contributed by atoms with Crippen molar-refractivity contribution in [2.45, 2.75) is 32.4 Å². The van der Waals surface area contributed by atoms with Gasteiger partial charge in [-0.25, -0.2) is 4.98 Å². The van der Waals surface area contributed by atoms with Crippen molar-refractivity contribution >= 4 is 5.82 Å². The predicted octanol–water partition coefficient (Wildman–Crippen LogP) is 0.626. The van der Waals surface area contributed by atoms with Crippen LogP contribution in [-0.4, -0.2) is 20.8 Å². The fraction of sp³-hybridized carbons (Fsp3) is 0.625. The zero-order valence-corrected chi connectivity index (χ0v) is 7.27. The standard InChI is InChI=1S/C8H15N3O/c1-7(12)3-2-4-11-5-8(9)10-6-11/h5-7,12H,2-4,9H2,1H3. The Morgan fingerprint density at radius 1 is 1.75 bits per heavy atom. The monoisotopic (exact) mass is 169 g/mol. The molecular formula is C8H15N3O. The van der Waals surface area contributed by atoms with Crippen molar-refractivity contribution in [2.75, 3.05) is 5.73 Å². The third kappa shape index (κ3) is 2.92. The molecule has 0 spiro atoms. The van der Waals surface area contributed by atoms with Crippen LogP contribution in [0.4, 0.5) is 5.82 Å². The van der Waals surface area contributed by atoms with Gasteiger partial charge in [-0.15, -0.1) is 0 Å². The fourth-order valence-electron chi connectivity index (χ4n) is 1.07. The summed E-state index contributed by atoms with van der Waals surface area (Å²) in [5.74, 6) is 0.548. The number of anilines is 1. The number of aromatic nitrogens is 2. The minimum Gasteiger partial charge on any atom is -0.393 e. The number of nitrogens with zero attached hydrogens (tertiary/aromatic N) is 2. The molecule has 0 saturated heterocycles. The number of nitrogen functional groups attached to an aromatic ring is 1. The predicted molar refractivity (Wildman–Crippen MR) is 47.6 cm³/mol. The topological polar surface area (TPSA) is 64.1 Å². The quantitative estimate of drug-likeness (QED) is 0.694. The van der Waals surface area contributed by atoms with Crippen molar-refractivity contribution in [1.82, 2.24) is 9.55 Å². The van der Waals surface area contributed by atoms with Crippen LogP contribution in [0.3, 0.4) is 0 Å². The molecule has 4 nitrogen and oxygen atoms in total. The lowest BCUT2D eigenvalue weighted by atomic mass is 10.2. The third-order valence-electron chi connectivity index (χ3n) is 1.69. The Morgan fingerprint density at radius 2 is 2.50 bits per heavy atom.